The molecule has 0 unspecified atom stereocenters. The van der Waals surface area contributed by atoms with Crippen molar-refractivity contribution < 1.29 is 31.5 Å². The molecule has 2 aromatic heterocycles. The topological polar surface area (TPSA) is 136 Å². The molecule has 1 aliphatic heterocycles. The molecule has 178 valence electrons. The quantitative estimate of drug-likeness (QED) is 0.514. The number of carbonyl (C=O) groups excluding carboxylic acids is 1. The van der Waals surface area contributed by atoms with Crippen molar-refractivity contribution in [2.75, 3.05) is 11.8 Å². The second-order valence-corrected chi connectivity index (χ2v) is 8.72. The van der Waals surface area contributed by atoms with Crippen molar-refractivity contribution in [1.29, 1.82) is 0 Å². The molecule has 34 heavy (non-hydrogen) atoms. The second-order valence-electron chi connectivity index (χ2n) is 7.10. The zero-order valence-corrected chi connectivity index (χ0v) is 18.6. The zero-order valence-electron chi connectivity index (χ0n) is 17.8. The molecule has 1 amide bonds. The Kier molecular flexibility index (Phi) is 6.26. The minimum atomic E-state index is -4.01. The van der Waals surface area contributed by atoms with Crippen molar-refractivity contribution in [1.82, 2.24) is 24.8 Å². The van der Waals surface area contributed by atoms with Gasteiger partial charge in [-0.2, -0.15) is 13.5 Å². The van der Waals surface area contributed by atoms with Crippen LogP contribution in [0.25, 0.3) is 0 Å². The lowest BCUT2D eigenvalue weighted by molar-refractivity contribution is 0.116. The number of ether oxygens (including phenoxy) is 2. The highest BCUT2D eigenvalue weighted by atomic mass is 32.2. The van der Waals surface area contributed by atoms with Gasteiger partial charge in [0.15, 0.2) is 23.2 Å². The number of nitrogens with one attached hydrogen (secondary N) is 2. The predicted molar refractivity (Wildman–Crippen MR) is 114 cm³/mol. The average Bonchev–Trinajstić information content (AvgIpc) is 2.81. The summed E-state index contributed by atoms with van der Waals surface area (Å²) in [5.74, 6) is -2.32. The van der Waals surface area contributed by atoms with Crippen LogP contribution in [0.15, 0.2) is 42.7 Å². The van der Waals surface area contributed by atoms with Gasteiger partial charge in [-0.15, -0.1) is 5.10 Å². The first-order valence-corrected chi connectivity index (χ1v) is 11.3. The maximum absolute atomic E-state index is 14.9. The van der Waals surface area contributed by atoms with Gasteiger partial charge >= 0.3 is 6.09 Å². The number of hydrogen-bond donors (Lipinski definition) is 2. The average molecular weight is 492 g/mol. The van der Waals surface area contributed by atoms with Crippen molar-refractivity contribution in [3.8, 4) is 17.4 Å². The highest BCUT2D eigenvalue weighted by Crippen LogP contribution is 2.40. The van der Waals surface area contributed by atoms with Crippen LogP contribution in [0.4, 0.5) is 19.4 Å². The number of pyridine rings is 1. The molecule has 0 spiro atoms. The van der Waals surface area contributed by atoms with E-state index in [1.54, 1.807) is 13.0 Å². The van der Waals surface area contributed by atoms with E-state index in [0.717, 1.165) is 13.1 Å². The van der Waals surface area contributed by atoms with Gasteiger partial charge in [0, 0.05) is 42.7 Å². The SMILES string of the molecule is CNS(=O)(=O)Nc1nccc(CN2C(=O)Oc3cc(Oc4cccnn4)c(F)cc3[C@@H]2C)c1F. The number of hydrogen-bond acceptors (Lipinski definition) is 8. The summed E-state index contributed by atoms with van der Waals surface area (Å²) in [5.41, 5.74) is 0.299. The molecule has 11 nitrogen and oxygen atoms in total. The van der Waals surface area contributed by atoms with Gasteiger partial charge in [0.1, 0.15) is 5.75 Å². The summed E-state index contributed by atoms with van der Waals surface area (Å²) in [7, 11) is -2.86. The Hall–Kier alpha value is -3.91. The molecule has 0 saturated carbocycles. The Morgan fingerprint density at radius 3 is 2.74 bits per heavy atom. The fraction of sp³-hybridized carbons (Fsp3) is 0.200. The normalized spacial score (nSPS) is 15.5. The third-order valence-electron chi connectivity index (χ3n) is 4.99. The van der Waals surface area contributed by atoms with Crippen LogP contribution in [0, 0.1) is 11.6 Å². The van der Waals surface area contributed by atoms with Gasteiger partial charge in [0.2, 0.25) is 5.88 Å². The number of carbonyl (C=O) groups is 1. The molecule has 1 atom stereocenters. The van der Waals surface area contributed by atoms with E-state index in [1.807, 2.05) is 9.44 Å². The Balaban J connectivity index is 1.59. The highest BCUT2D eigenvalue weighted by molar-refractivity contribution is 7.90. The molecular formula is C20H18F2N6O5S. The number of rotatable bonds is 7. The van der Waals surface area contributed by atoms with Gasteiger partial charge in [-0.3, -0.25) is 9.62 Å². The molecule has 3 heterocycles. The summed E-state index contributed by atoms with van der Waals surface area (Å²) >= 11 is 0. The monoisotopic (exact) mass is 492 g/mol. The smallest absolute Gasteiger partial charge is 0.416 e. The van der Waals surface area contributed by atoms with E-state index < -0.39 is 39.8 Å². The number of nitrogens with zero attached hydrogens (tertiary/aromatic N) is 4. The van der Waals surface area contributed by atoms with Crippen LogP contribution in [-0.2, 0) is 16.8 Å². The first-order chi connectivity index (χ1) is 16.2. The summed E-state index contributed by atoms with van der Waals surface area (Å²) in [6.45, 7) is 1.33. The summed E-state index contributed by atoms with van der Waals surface area (Å²) in [6.07, 6.45) is 1.80. The van der Waals surface area contributed by atoms with E-state index >= 15 is 0 Å². The first-order valence-electron chi connectivity index (χ1n) is 9.80. The fourth-order valence-electron chi connectivity index (χ4n) is 3.22. The number of anilines is 1. The van der Waals surface area contributed by atoms with Crippen molar-refractivity contribution in [2.45, 2.75) is 19.5 Å². The minimum absolute atomic E-state index is 0.0286. The van der Waals surface area contributed by atoms with Crippen molar-refractivity contribution in [3.05, 3.63) is 65.5 Å². The number of halogens is 2. The van der Waals surface area contributed by atoms with E-state index in [-0.39, 0.29) is 29.5 Å². The highest BCUT2D eigenvalue weighted by Gasteiger charge is 2.34. The lowest BCUT2D eigenvalue weighted by atomic mass is 10.0. The van der Waals surface area contributed by atoms with E-state index in [2.05, 4.69) is 15.2 Å². The Morgan fingerprint density at radius 2 is 2.03 bits per heavy atom. The molecule has 0 radical (unpaired) electrons. The molecule has 1 aliphatic rings. The number of aromatic nitrogens is 3. The Bertz CT molecular complexity index is 1340. The molecule has 2 N–H and O–H groups in total. The van der Waals surface area contributed by atoms with Crippen LogP contribution in [0.5, 0.6) is 17.4 Å². The standard InChI is InChI=1S/C20H18F2N6O5S/c1-11-13-8-14(21)16(32-17-4-3-6-25-26-17)9-15(13)33-20(29)28(11)10-12-5-7-24-19(18(12)22)27-34(30,31)23-2/h3-9,11,23H,10H2,1-2H3,(H,24,27)/t11-/m0/s1. The molecule has 0 fully saturated rings. The zero-order chi connectivity index (χ0) is 24.5. The van der Waals surface area contributed by atoms with Crippen molar-refractivity contribution in [2.24, 2.45) is 0 Å². The minimum Gasteiger partial charge on any atom is -0.434 e. The maximum Gasteiger partial charge on any atom is 0.416 e. The van der Waals surface area contributed by atoms with Gasteiger partial charge in [0.25, 0.3) is 10.2 Å². The van der Waals surface area contributed by atoms with E-state index in [1.165, 1.54) is 35.5 Å². The van der Waals surface area contributed by atoms with Gasteiger partial charge in [-0.05, 0) is 25.1 Å². The van der Waals surface area contributed by atoms with E-state index in [0.29, 0.717) is 5.56 Å². The summed E-state index contributed by atoms with van der Waals surface area (Å²) < 4.78 is 67.6. The summed E-state index contributed by atoms with van der Waals surface area (Å²) in [4.78, 5) is 17.5. The van der Waals surface area contributed by atoms with Gasteiger partial charge in [-0.25, -0.2) is 23.3 Å². The van der Waals surface area contributed by atoms with Crippen LogP contribution in [0.2, 0.25) is 0 Å². The van der Waals surface area contributed by atoms with Crippen molar-refractivity contribution >= 4 is 22.1 Å². The third kappa shape index (κ3) is 4.72. The molecule has 14 heteroatoms. The molecule has 0 bridgehead atoms. The van der Waals surface area contributed by atoms with Gasteiger partial charge in [-0.1, -0.05) is 0 Å². The predicted octanol–water partition coefficient (Wildman–Crippen LogP) is 2.89. The largest absolute Gasteiger partial charge is 0.434 e. The maximum atomic E-state index is 14.9. The van der Waals surface area contributed by atoms with Gasteiger partial charge in [0.05, 0.1) is 12.6 Å². The first kappa shape index (κ1) is 23.3. The number of benzene rings is 1. The van der Waals surface area contributed by atoms with Crippen LogP contribution in [0.1, 0.15) is 24.1 Å². The van der Waals surface area contributed by atoms with Crippen molar-refractivity contribution in [3.63, 3.8) is 0 Å². The van der Waals surface area contributed by atoms with Crippen LogP contribution in [0.3, 0.4) is 0 Å². The molecule has 0 aliphatic carbocycles. The molecule has 0 saturated heterocycles. The molecule has 1 aromatic carbocycles. The second kappa shape index (κ2) is 9.15. The summed E-state index contributed by atoms with van der Waals surface area (Å²) in [6, 6.07) is 6.01. The molecule has 4 rings (SSSR count). The number of amides is 1. The molecule has 3 aromatic rings. The van der Waals surface area contributed by atoms with Crippen LogP contribution < -0.4 is 18.9 Å². The fourth-order valence-corrected chi connectivity index (χ4v) is 3.72. The Labute approximate surface area is 192 Å². The molecular weight excluding hydrogens is 474 g/mol. The summed E-state index contributed by atoms with van der Waals surface area (Å²) in [5, 5.41) is 7.36. The third-order valence-corrected chi connectivity index (χ3v) is 5.99. The Morgan fingerprint density at radius 1 is 1.24 bits per heavy atom. The van der Waals surface area contributed by atoms with E-state index in [9.17, 15) is 22.0 Å². The lowest BCUT2D eigenvalue weighted by Gasteiger charge is -2.34. The van der Waals surface area contributed by atoms with Crippen LogP contribution >= 0.6 is 0 Å². The van der Waals surface area contributed by atoms with Crippen LogP contribution in [-0.4, -0.2) is 41.6 Å². The lowest BCUT2D eigenvalue weighted by Crippen LogP contribution is -2.39. The van der Waals surface area contributed by atoms with E-state index in [4.69, 9.17) is 9.47 Å². The number of fused-ring (bicyclic) bond motifs is 1. The van der Waals surface area contributed by atoms with Gasteiger partial charge < -0.3 is 9.47 Å².